The number of hydrogen-bond donors (Lipinski definition) is 0. The molecule has 0 N–H and O–H groups in total. The maximum Gasteiger partial charge on any atom is 0.410 e. The van der Waals surface area contributed by atoms with Crippen LogP contribution in [0.2, 0.25) is 0 Å². The summed E-state index contributed by atoms with van der Waals surface area (Å²) in [5.74, 6) is 4.91. The SMILES string of the molecule is C[C@H](CCC(=O)OCc1ccccc1)[C@H]1CC[C@H]2[C@@H]3CCC4C[C@H](OC(=O)N(CCCl)CCCl)CC[C@]4(C)[C@H]3CC[C@]12C. The minimum atomic E-state index is -0.257. The third-order valence-electron chi connectivity index (χ3n) is 12.7. The first-order chi connectivity index (χ1) is 20.7. The summed E-state index contributed by atoms with van der Waals surface area (Å²) < 4.78 is 11.6. The summed E-state index contributed by atoms with van der Waals surface area (Å²) in [6.07, 6.45) is 12.1. The summed E-state index contributed by atoms with van der Waals surface area (Å²) in [5.41, 5.74) is 1.75. The van der Waals surface area contributed by atoms with Crippen molar-refractivity contribution in [2.45, 2.75) is 104 Å². The third kappa shape index (κ3) is 7.03. The van der Waals surface area contributed by atoms with Gasteiger partial charge in [0.15, 0.2) is 0 Å². The van der Waals surface area contributed by atoms with Gasteiger partial charge in [0.25, 0.3) is 0 Å². The van der Waals surface area contributed by atoms with Crippen LogP contribution in [0.5, 0.6) is 0 Å². The molecular formula is C36H53Cl2NO4. The Morgan fingerprint density at radius 2 is 1.63 bits per heavy atom. The lowest BCUT2D eigenvalue weighted by molar-refractivity contribution is -0.145. The zero-order valence-electron chi connectivity index (χ0n) is 26.6. The van der Waals surface area contributed by atoms with Crippen molar-refractivity contribution in [3.8, 4) is 0 Å². The molecule has 4 aliphatic rings. The topological polar surface area (TPSA) is 55.8 Å². The number of esters is 1. The highest BCUT2D eigenvalue weighted by atomic mass is 35.5. The lowest BCUT2D eigenvalue weighted by Gasteiger charge is -2.61. The van der Waals surface area contributed by atoms with Gasteiger partial charge in [0, 0.05) is 31.3 Å². The minimum Gasteiger partial charge on any atom is -0.461 e. The Morgan fingerprint density at radius 1 is 0.930 bits per heavy atom. The molecule has 5 nitrogen and oxygen atoms in total. The van der Waals surface area contributed by atoms with E-state index in [4.69, 9.17) is 32.7 Å². The van der Waals surface area contributed by atoms with E-state index in [-0.39, 0.29) is 18.2 Å². The van der Waals surface area contributed by atoms with Gasteiger partial charge in [-0.25, -0.2) is 4.79 Å². The smallest absolute Gasteiger partial charge is 0.410 e. The molecule has 4 aliphatic carbocycles. The van der Waals surface area contributed by atoms with Gasteiger partial charge in [-0.3, -0.25) is 4.79 Å². The summed E-state index contributed by atoms with van der Waals surface area (Å²) in [6, 6.07) is 9.95. The van der Waals surface area contributed by atoms with Gasteiger partial charge in [0.05, 0.1) is 0 Å². The van der Waals surface area contributed by atoms with Crippen LogP contribution >= 0.6 is 23.2 Å². The van der Waals surface area contributed by atoms with Crippen LogP contribution in [-0.4, -0.2) is 47.9 Å². The van der Waals surface area contributed by atoms with Crippen molar-refractivity contribution in [2.75, 3.05) is 24.8 Å². The fourth-order valence-corrected chi connectivity index (χ4v) is 10.8. The summed E-state index contributed by atoms with van der Waals surface area (Å²) in [4.78, 5) is 27.1. The van der Waals surface area contributed by atoms with Gasteiger partial charge in [-0.05, 0) is 116 Å². The summed E-state index contributed by atoms with van der Waals surface area (Å²) in [7, 11) is 0. The Bertz CT molecular complexity index is 1080. The van der Waals surface area contributed by atoms with Gasteiger partial charge < -0.3 is 14.4 Å². The lowest BCUT2D eigenvalue weighted by atomic mass is 9.44. The molecule has 0 heterocycles. The normalized spacial score (nSPS) is 35.7. The fourth-order valence-electron chi connectivity index (χ4n) is 10.4. The predicted octanol–water partition coefficient (Wildman–Crippen LogP) is 9.09. The van der Waals surface area contributed by atoms with Crippen LogP contribution < -0.4 is 0 Å². The van der Waals surface area contributed by atoms with Crippen molar-refractivity contribution in [3.05, 3.63) is 35.9 Å². The molecule has 4 saturated carbocycles. The van der Waals surface area contributed by atoms with Crippen LogP contribution in [-0.2, 0) is 20.9 Å². The molecule has 0 saturated heterocycles. The minimum absolute atomic E-state index is 0.000209. The Balaban J connectivity index is 1.15. The maximum absolute atomic E-state index is 12.8. The largest absolute Gasteiger partial charge is 0.461 e. The number of amides is 1. The second kappa shape index (κ2) is 14.3. The molecule has 1 unspecified atom stereocenters. The zero-order valence-corrected chi connectivity index (χ0v) is 28.1. The molecule has 7 heteroatoms. The average molecular weight is 635 g/mol. The molecule has 43 heavy (non-hydrogen) atoms. The van der Waals surface area contributed by atoms with E-state index in [0.717, 1.165) is 49.0 Å². The van der Waals surface area contributed by atoms with Gasteiger partial charge in [0.1, 0.15) is 12.7 Å². The molecular weight excluding hydrogens is 581 g/mol. The van der Waals surface area contributed by atoms with Crippen molar-refractivity contribution in [1.82, 2.24) is 4.90 Å². The Morgan fingerprint density at radius 3 is 2.35 bits per heavy atom. The monoisotopic (exact) mass is 633 g/mol. The van der Waals surface area contributed by atoms with Crippen molar-refractivity contribution < 1.29 is 19.1 Å². The second-order valence-electron chi connectivity index (χ2n) is 14.7. The van der Waals surface area contributed by atoms with Crippen LogP contribution in [0, 0.1) is 46.3 Å². The Hall–Kier alpha value is -1.46. The van der Waals surface area contributed by atoms with E-state index < -0.39 is 0 Å². The van der Waals surface area contributed by atoms with Crippen LogP contribution in [0.25, 0.3) is 0 Å². The number of nitrogens with zero attached hydrogens (tertiary/aromatic N) is 1. The van der Waals surface area contributed by atoms with Crippen molar-refractivity contribution in [1.29, 1.82) is 0 Å². The standard InChI is InChI=1S/C36H53Cl2NO4/c1-25(9-14-33(40)42-24-26-7-5-4-6-8-26)30-12-13-31-29-11-10-27-23-28(43-34(41)39(21-19-37)22-20-38)15-17-35(27,2)32(29)16-18-36(30,31)3/h4-8,25,27-32H,9-24H2,1-3H3/t25-,27?,28-,29+,30-,31+,32+,35+,36-/m1/s1. The first-order valence-corrected chi connectivity index (χ1v) is 18.0. The summed E-state index contributed by atoms with van der Waals surface area (Å²) in [5, 5.41) is 0. The second-order valence-corrected chi connectivity index (χ2v) is 15.4. The van der Waals surface area contributed by atoms with Gasteiger partial charge in [-0.2, -0.15) is 0 Å². The first kappa shape index (κ1) is 32.9. The molecule has 0 spiro atoms. The van der Waals surface area contributed by atoms with E-state index in [9.17, 15) is 9.59 Å². The third-order valence-corrected chi connectivity index (χ3v) is 13.0. The molecule has 1 aromatic rings. The molecule has 0 aromatic heterocycles. The van der Waals surface area contributed by atoms with Gasteiger partial charge in [0.2, 0.25) is 0 Å². The van der Waals surface area contributed by atoms with Crippen LogP contribution in [0.1, 0.15) is 97.0 Å². The molecule has 1 aromatic carbocycles. The number of rotatable bonds is 11. The van der Waals surface area contributed by atoms with Gasteiger partial charge in [-0.15, -0.1) is 23.2 Å². The van der Waals surface area contributed by atoms with E-state index in [1.54, 1.807) is 4.90 Å². The molecule has 240 valence electrons. The number of hydrogen-bond acceptors (Lipinski definition) is 4. The molecule has 4 fully saturated rings. The first-order valence-electron chi connectivity index (χ1n) is 17.0. The molecule has 1 amide bonds. The van der Waals surface area contributed by atoms with E-state index >= 15 is 0 Å². The van der Waals surface area contributed by atoms with E-state index in [1.165, 1.54) is 38.5 Å². The maximum atomic E-state index is 12.8. The number of fused-ring (bicyclic) bond motifs is 5. The molecule has 0 radical (unpaired) electrons. The molecule has 5 rings (SSSR count). The number of carbonyl (C=O) groups is 2. The quantitative estimate of drug-likeness (QED) is 0.180. The molecule has 0 aliphatic heterocycles. The zero-order chi connectivity index (χ0) is 30.6. The van der Waals surface area contributed by atoms with Crippen LogP contribution in [0.15, 0.2) is 30.3 Å². The number of ether oxygens (including phenoxy) is 2. The van der Waals surface area contributed by atoms with Gasteiger partial charge in [-0.1, -0.05) is 51.1 Å². The fraction of sp³-hybridized carbons (Fsp3) is 0.778. The van der Waals surface area contributed by atoms with Crippen molar-refractivity contribution in [3.63, 3.8) is 0 Å². The average Bonchev–Trinajstić information content (AvgIpc) is 3.36. The van der Waals surface area contributed by atoms with E-state index in [2.05, 4.69) is 20.8 Å². The molecule has 9 atom stereocenters. The summed E-state index contributed by atoms with van der Waals surface area (Å²) >= 11 is 11.8. The van der Waals surface area contributed by atoms with Crippen LogP contribution in [0.4, 0.5) is 4.79 Å². The van der Waals surface area contributed by atoms with Crippen molar-refractivity contribution in [2.24, 2.45) is 46.3 Å². The van der Waals surface area contributed by atoms with Gasteiger partial charge >= 0.3 is 12.1 Å². The Kier molecular flexibility index (Phi) is 11.0. The number of carbonyl (C=O) groups excluding carboxylic acids is 2. The highest BCUT2D eigenvalue weighted by Crippen LogP contribution is 2.68. The van der Waals surface area contributed by atoms with E-state index in [1.807, 2.05) is 30.3 Å². The molecule has 0 bridgehead atoms. The number of benzene rings is 1. The van der Waals surface area contributed by atoms with Crippen LogP contribution in [0.3, 0.4) is 0 Å². The van der Waals surface area contributed by atoms with Crippen molar-refractivity contribution >= 4 is 35.3 Å². The summed E-state index contributed by atoms with van der Waals surface area (Å²) in [6.45, 7) is 8.86. The number of halogens is 2. The Labute approximate surface area is 269 Å². The highest BCUT2D eigenvalue weighted by Gasteiger charge is 2.60. The lowest BCUT2D eigenvalue weighted by Crippen LogP contribution is -2.54. The predicted molar refractivity (Wildman–Crippen MR) is 173 cm³/mol. The number of alkyl halides is 2. The highest BCUT2D eigenvalue weighted by molar-refractivity contribution is 6.18. The van der Waals surface area contributed by atoms with E-state index in [0.29, 0.717) is 66.5 Å².